The lowest BCUT2D eigenvalue weighted by molar-refractivity contribution is -0.113. The number of benzene rings is 2. The maximum Gasteiger partial charge on any atom is 0.296 e. The van der Waals surface area contributed by atoms with Crippen LogP contribution in [0.25, 0.3) is 23.1 Å². The van der Waals surface area contributed by atoms with Gasteiger partial charge in [0.1, 0.15) is 5.82 Å². The number of para-hydroxylation sites is 1. The number of aromatic nitrogens is 5. The summed E-state index contributed by atoms with van der Waals surface area (Å²) < 4.78 is 20.0. The molecule has 0 aliphatic rings. The van der Waals surface area contributed by atoms with Gasteiger partial charge in [-0.3, -0.25) is 4.79 Å². The maximum absolute atomic E-state index is 13.1. The van der Waals surface area contributed by atoms with Crippen molar-refractivity contribution in [3.05, 3.63) is 59.9 Å². The SMILES string of the molecule is Cc1ccccc1NC(=O)CSc1nnc(-c2nc(-c3ccc(F)cc3)no2)n1C. The van der Waals surface area contributed by atoms with Gasteiger partial charge >= 0.3 is 0 Å². The van der Waals surface area contributed by atoms with E-state index in [9.17, 15) is 9.18 Å². The number of amides is 1. The number of carbonyl (C=O) groups is 1. The molecule has 0 aliphatic heterocycles. The van der Waals surface area contributed by atoms with Gasteiger partial charge in [-0.15, -0.1) is 10.2 Å². The van der Waals surface area contributed by atoms with Crippen LogP contribution >= 0.6 is 11.8 Å². The van der Waals surface area contributed by atoms with Crippen molar-refractivity contribution in [3.8, 4) is 23.1 Å². The molecule has 0 fully saturated rings. The molecule has 4 aromatic rings. The molecule has 1 N–H and O–H groups in total. The molecule has 0 saturated heterocycles. The second-order valence-electron chi connectivity index (χ2n) is 6.45. The fourth-order valence-electron chi connectivity index (χ4n) is 2.69. The first-order valence-electron chi connectivity index (χ1n) is 8.99. The molecule has 0 radical (unpaired) electrons. The quantitative estimate of drug-likeness (QED) is 0.471. The van der Waals surface area contributed by atoms with Crippen LogP contribution in [-0.4, -0.2) is 36.6 Å². The molecule has 0 aliphatic carbocycles. The van der Waals surface area contributed by atoms with E-state index in [1.165, 1.54) is 23.9 Å². The Kier molecular flexibility index (Phi) is 5.57. The highest BCUT2D eigenvalue weighted by atomic mass is 32.2. The average Bonchev–Trinajstić information content (AvgIpc) is 3.35. The fourth-order valence-corrected chi connectivity index (χ4v) is 3.40. The predicted octanol–water partition coefficient (Wildman–Crippen LogP) is 3.71. The third-order valence-corrected chi connectivity index (χ3v) is 5.33. The van der Waals surface area contributed by atoms with Gasteiger partial charge in [0, 0.05) is 18.3 Å². The summed E-state index contributed by atoms with van der Waals surface area (Å²) in [5.41, 5.74) is 2.39. The standard InChI is InChI=1S/C20H17FN6O2S/c1-12-5-3-4-6-15(12)22-16(28)11-30-20-25-24-18(27(20)2)19-23-17(26-29-19)13-7-9-14(21)10-8-13/h3-10H,11H2,1-2H3,(H,22,28). The second-order valence-corrected chi connectivity index (χ2v) is 7.39. The molecule has 0 bridgehead atoms. The van der Waals surface area contributed by atoms with E-state index in [1.54, 1.807) is 23.7 Å². The third kappa shape index (κ3) is 4.23. The Balaban J connectivity index is 1.43. The summed E-state index contributed by atoms with van der Waals surface area (Å²) in [6.45, 7) is 1.93. The van der Waals surface area contributed by atoms with Gasteiger partial charge in [-0.25, -0.2) is 4.39 Å². The van der Waals surface area contributed by atoms with Crippen molar-refractivity contribution in [3.63, 3.8) is 0 Å². The molecular weight excluding hydrogens is 407 g/mol. The Morgan fingerprint density at radius 1 is 1.17 bits per heavy atom. The van der Waals surface area contributed by atoms with Gasteiger partial charge in [0.05, 0.1) is 5.75 Å². The fraction of sp³-hybridized carbons (Fsp3) is 0.150. The van der Waals surface area contributed by atoms with Crippen molar-refractivity contribution in [2.45, 2.75) is 12.1 Å². The minimum atomic E-state index is -0.344. The smallest absolute Gasteiger partial charge is 0.296 e. The van der Waals surface area contributed by atoms with Crippen LogP contribution in [0.5, 0.6) is 0 Å². The molecule has 0 spiro atoms. The molecule has 8 nitrogen and oxygen atoms in total. The number of hydrogen-bond donors (Lipinski definition) is 1. The van der Waals surface area contributed by atoms with Gasteiger partial charge in [0.25, 0.3) is 5.89 Å². The number of nitrogens with zero attached hydrogens (tertiary/aromatic N) is 5. The molecule has 2 aromatic carbocycles. The van der Waals surface area contributed by atoms with Crippen molar-refractivity contribution in [2.75, 3.05) is 11.1 Å². The molecule has 1 amide bonds. The van der Waals surface area contributed by atoms with E-state index in [0.717, 1.165) is 11.3 Å². The van der Waals surface area contributed by atoms with E-state index < -0.39 is 0 Å². The highest BCUT2D eigenvalue weighted by Crippen LogP contribution is 2.24. The number of nitrogens with one attached hydrogen (secondary N) is 1. The number of halogens is 1. The molecular formula is C20H17FN6O2S. The zero-order chi connectivity index (χ0) is 21.1. The topological polar surface area (TPSA) is 98.7 Å². The number of hydrogen-bond acceptors (Lipinski definition) is 7. The van der Waals surface area contributed by atoms with E-state index in [2.05, 4.69) is 25.7 Å². The molecule has 30 heavy (non-hydrogen) atoms. The van der Waals surface area contributed by atoms with Crippen LogP contribution in [0.4, 0.5) is 10.1 Å². The minimum Gasteiger partial charge on any atom is -0.330 e. The highest BCUT2D eigenvalue weighted by Gasteiger charge is 2.19. The molecule has 4 rings (SSSR count). The van der Waals surface area contributed by atoms with E-state index >= 15 is 0 Å². The van der Waals surface area contributed by atoms with Crippen molar-refractivity contribution >= 4 is 23.4 Å². The maximum atomic E-state index is 13.1. The Morgan fingerprint density at radius 3 is 2.70 bits per heavy atom. The normalized spacial score (nSPS) is 10.9. The summed E-state index contributed by atoms with van der Waals surface area (Å²) in [6, 6.07) is 13.4. The van der Waals surface area contributed by atoms with Gasteiger partial charge in [0.15, 0.2) is 5.16 Å². The predicted molar refractivity (Wildman–Crippen MR) is 110 cm³/mol. The summed E-state index contributed by atoms with van der Waals surface area (Å²) in [5, 5.41) is 15.5. The third-order valence-electron chi connectivity index (χ3n) is 4.31. The zero-order valence-corrected chi connectivity index (χ0v) is 17.0. The minimum absolute atomic E-state index is 0.143. The van der Waals surface area contributed by atoms with Gasteiger partial charge < -0.3 is 14.4 Å². The number of rotatable bonds is 6. The molecule has 0 atom stereocenters. The van der Waals surface area contributed by atoms with Gasteiger partial charge in [-0.05, 0) is 42.8 Å². The van der Waals surface area contributed by atoms with E-state index in [4.69, 9.17) is 4.52 Å². The number of carbonyl (C=O) groups excluding carboxylic acids is 1. The van der Waals surface area contributed by atoms with Crippen LogP contribution in [0.3, 0.4) is 0 Å². The van der Waals surface area contributed by atoms with E-state index in [0.29, 0.717) is 22.4 Å². The van der Waals surface area contributed by atoms with Gasteiger partial charge in [-0.1, -0.05) is 35.1 Å². The molecule has 2 aromatic heterocycles. The second kappa shape index (κ2) is 8.46. The van der Waals surface area contributed by atoms with E-state index in [-0.39, 0.29) is 23.4 Å². The van der Waals surface area contributed by atoms with E-state index in [1.807, 2.05) is 31.2 Å². The molecule has 10 heteroatoms. The van der Waals surface area contributed by atoms with Gasteiger partial charge in [-0.2, -0.15) is 4.98 Å². The monoisotopic (exact) mass is 424 g/mol. The molecule has 0 unspecified atom stereocenters. The Morgan fingerprint density at radius 2 is 1.93 bits per heavy atom. The van der Waals surface area contributed by atoms with Crippen LogP contribution in [0, 0.1) is 12.7 Å². The van der Waals surface area contributed by atoms with Crippen molar-refractivity contribution in [1.82, 2.24) is 24.9 Å². The molecule has 152 valence electrons. The lowest BCUT2D eigenvalue weighted by Crippen LogP contribution is -2.15. The van der Waals surface area contributed by atoms with Crippen LogP contribution in [0.1, 0.15) is 5.56 Å². The summed E-state index contributed by atoms with van der Waals surface area (Å²) in [4.78, 5) is 16.6. The summed E-state index contributed by atoms with van der Waals surface area (Å²) in [5.74, 6) is 0.558. The summed E-state index contributed by atoms with van der Waals surface area (Å²) >= 11 is 1.25. The first-order chi connectivity index (χ1) is 14.5. The number of thioether (sulfide) groups is 1. The van der Waals surface area contributed by atoms with Crippen molar-refractivity contribution < 1.29 is 13.7 Å². The lowest BCUT2D eigenvalue weighted by atomic mass is 10.2. The van der Waals surface area contributed by atoms with Crippen molar-refractivity contribution in [1.29, 1.82) is 0 Å². The Labute approximate surface area is 175 Å². The van der Waals surface area contributed by atoms with Crippen LogP contribution in [0.2, 0.25) is 0 Å². The van der Waals surface area contributed by atoms with Gasteiger partial charge in [0.2, 0.25) is 17.6 Å². The highest BCUT2D eigenvalue weighted by molar-refractivity contribution is 7.99. The summed E-state index contributed by atoms with van der Waals surface area (Å²) in [7, 11) is 1.75. The average molecular weight is 424 g/mol. The van der Waals surface area contributed by atoms with Crippen molar-refractivity contribution in [2.24, 2.45) is 7.05 Å². The van der Waals surface area contributed by atoms with Crippen LogP contribution < -0.4 is 5.32 Å². The first kappa shape index (κ1) is 19.8. The van der Waals surface area contributed by atoms with Crippen LogP contribution in [-0.2, 0) is 11.8 Å². The number of aryl methyl sites for hydroxylation is 1. The summed E-state index contributed by atoms with van der Waals surface area (Å²) in [6.07, 6.45) is 0. The lowest BCUT2D eigenvalue weighted by Gasteiger charge is -2.07. The number of anilines is 1. The zero-order valence-electron chi connectivity index (χ0n) is 16.2. The van der Waals surface area contributed by atoms with Crippen LogP contribution in [0.15, 0.2) is 58.2 Å². The first-order valence-corrected chi connectivity index (χ1v) is 9.97. The Bertz CT molecular complexity index is 1190. The molecule has 0 saturated carbocycles. The molecule has 2 heterocycles. The Hall–Kier alpha value is -3.53. The largest absolute Gasteiger partial charge is 0.330 e.